The molecule has 4 heteroatoms. The number of carbonyl (C=O) groups excluding carboxylic acids is 2. The van der Waals surface area contributed by atoms with Crippen molar-refractivity contribution in [3.63, 3.8) is 0 Å². The zero-order valence-electron chi connectivity index (χ0n) is 7.40. The van der Waals surface area contributed by atoms with Crippen molar-refractivity contribution in [1.29, 1.82) is 0 Å². The topological polar surface area (TPSA) is 55.7 Å². The number of hydrogen-bond donors (Lipinski definition) is 0. The van der Waals surface area contributed by atoms with Gasteiger partial charge in [0.25, 0.3) is 0 Å². The number of hydrogen-bond acceptors (Lipinski definition) is 4. The SMILES string of the molecule is COC(=O)C1CC=CCC1N=C=O. The molecule has 0 saturated carbocycles. The highest BCUT2D eigenvalue weighted by atomic mass is 16.5. The van der Waals surface area contributed by atoms with Crippen molar-refractivity contribution in [1.82, 2.24) is 0 Å². The molecule has 2 unspecified atom stereocenters. The summed E-state index contributed by atoms with van der Waals surface area (Å²) in [6, 6.07) is -0.296. The molecule has 13 heavy (non-hydrogen) atoms. The minimum atomic E-state index is -0.323. The lowest BCUT2D eigenvalue weighted by molar-refractivity contribution is -0.146. The standard InChI is InChI=1S/C9H11NO3/c1-13-9(12)7-4-2-3-5-8(7)10-6-11/h2-3,7-8H,4-5H2,1H3. The third-order valence-electron chi connectivity index (χ3n) is 2.12. The van der Waals surface area contributed by atoms with E-state index in [2.05, 4.69) is 9.73 Å². The molecule has 1 rings (SSSR count). The number of ether oxygens (including phenoxy) is 1. The van der Waals surface area contributed by atoms with Crippen molar-refractivity contribution in [2.45, 2.75) is 18.9 Å². The fraction of sp³-hybridized carbons (Fsp3) is 0.556. The molecule has 0 aromatic rings. The van der Waals surface area contributed by atoms with Crippen LogP contribution in [0.4, 0.5) is 0 Å². The number of nitrogens with zero attached hydrogens (tertiary/aromatic N) is 1. The zero-order chi connectivity index (χ0) is 9.68. The van der Waals surface area contributed by atoms with Gasteiger partial charge >= 0.3 is 5.97 Å². The van der Waals surface area contributed by atoms with Gasteiger partial charge in [-0.15, -0.1) is 0 Å². The molecule has 70 valence electrons. The van der Waals surface area contributed by atoms with Gasteiger partial charge in [-0.25, -0.2) is 9.79 Å². The normalized spacial score (nSPS) is 26.2. The number of isocyanates is 1. The van der Waals surface area contributed by atoms with Gasteiger partial charge in [0.1, 0.15) is 0 Å². The second-order valence-corrected chi connectivity index (χ2v) is 2.86. The van der Waals surface area contributed by atoms with E-state index in [1.54, 1.807) is 0 Å². The lowest BCUT2D eigenvalue weighted by Crippen LogP contribution is -2.29. The summed E-state index contributed by atoms with van der Waals surface area (Å²) in [6.45, 7) is 0. The smallest absolute Gasteiger partial charge is 0.311 e. The van der Waals surface area contributed by atoms with Gasteiger partial charge in [0.05, 0.1) is 19.1 Å². The first-order chi connectivity index (χ1) is 6.29. The molecule has 0 amide bonds. The molecule has 0 bridgehead atoms. The summed E-state index contributed by atoms with van der Waals surface area (Å²) in [6.07, 6.45) is 6.48. The molecule has 0 fully saturated rings. The van der Waals surface area contributed by atoms with E-state index in [1.807, 2.05) is 12.2 Å². The van der Waals surface area contributed by atoms with Crippen molar-refractivity contribution >= 4 is 12.0 Å². The van der Waals surface area contributed by atoms with Crippen molar-refractivity contribution in [2.24, 2.45) is 10.9 Å². The maximum atomic E-state index is 11.2. The third kappa shape index (κ3) is 2.26. The fourth-order valence-corrected chi connectivity index (χ4v) is 1.41. The summed E-state index contributed by atoms with van der Waals surface area (Å²) in [5, 5.41) is 0. The van der Waals surface area contributed by atoms with Crippen molar-refractivity contribution in [2.75, 3.05) is 7.11 Å². The molecule has 1 aliphatic carbocycles. The molecule has 1 aliphatic rings. The molecular formula is C9H11NO3. The fourth-order valence-electron chi connectivity index (χ4n) is 1.41. The maximum absolute atomic E-state index is 11.2. The van der Waals surface area contributed by atoms with Gasteiger partial charge in [-0.05, 0) is 12.8 Å². The summed E-state index contributed by atoms with van der Waals surface area (Å²) in [5.74, 6) is -0.634. The summed E-state index contributed by atoms with van der Waals surface area (Å²) in [7, 11) is 1.34. The Kier molecular flexibility index (Phi) is 3.41. The first-order valence-corrected chi connectivity index (χ1v) is 4.09. The van der Waals surface area contributed by atoms with E-state index in [9.17, 15) is 9.59 Å². The molecule has 0 saturated heterocycles. The van der Waals surface area contributed by atoms with Gasteiger partial charge in [0, 0.05) is 0 Å². The minimum absolute atomic E-state index is 0.296. The zero-order valence-corrected chi connectivity index (χ0v) is 7.40. The van der Waals surface area contributed by atoms with Crippen LogP contribution < -0.4 is 0 Å². The lowest BCUT2D eigenvalue weighted by atomic mass is 9.89. The Bertz CT molecular complexity index is 266. The van der Waals surface area contributed by atoms with Crippen LogP contribution in [-0.4, -0.2) is 25.2 Å². The summed E-state index contributed by atoms with van der Waals surface area (Å²) in [5.41, 5.74) is 0. The largest absolute Gasteiger partial charge is 0.469 e. The van der Waals surface area contributed by atoms with Crippen LogP contribution >= 0.6 is 0 Å². The Morgan fingerprint density at radius 3 is 2.85 bits per heavy atom. The van der Waals surface area contributed by atoms with E-state index in [0.717, 1.165) is 0 Å². The predicted octanol–water partition coefficient (Wildman–Crippen LogP) is 0.830. The molecule has 0 N–H and O–H groups in total. The number of aliphatic imine (C=N–C) groups is 1. The van der Waals surface area contributed by atoms with Crippen LogP contribution in [0.2, 0.25) is 0 Å². The molecule has 0 aliphatic heterocycles. The number of esters is 1. The van der Waals surface area contributed by atoms with Gasteiger partial charge in [-0.3, -0.25) is 4.79 Å². The Morgan fingerprint density at radius 1 is 1.54 bits per heavy atom. The van der Waals surface area contributed by atoms with Gasteiger partial charge in [-0.2, -0.15) is 0 Å². The number of methoxy groups -OCH3 is 1. The van der Waals surface area contributed by atoms with E-state index in [4.69, 9.17) is 0 Å². The van der Waals surface area contributed by atoms with E-state index >= 15 is 0 Å². The maximum Gasteiger partial charge on any atom is 0.311 e. The highest BCUT2D eigenvalue weighted by Crippen LogP contribution is 2.22. The van der Waals surface area contributed by atoms with E-state index in [0.29, 0.717) is 12.8 Å². The molecule has 0 spiro atoms. The molecule has 0 heterocycles. The van der Waals surface area contributed by atoms with Crippen LogP contribution in [0.3, 0.4) is 0 Å². The Labute approximate surface area is 76.3 Å². The van der Waals surface area contributed by atoms with Crippen LogP contribution in [0.15, 0.2) is 17.1 Å². The lowest BCUT2D eigenvalue weighted by Gasteiger charge is -2.21. The monoisotopic (exact) mass is 181 g/mol. The first kappa shape index (κ1) is 9.68. The molecule has 0 aromatic carbocycles. The average Bonchev–Trinajstić information content (AvgIpc) is 2.18. The van der Waals surface area contributed by atoms with E-state index < -0.39 is 0 Å². The number of carbonyl (C=O) groups is 1. The van der Waals surface area contributed by atoms with Crippen LogP contribution in [-0.2, 0) is 14.3 Å². The van der Waals surface area contributed by atoms with Crippen LogP contribution in [0.5, 0.6) is 0 Å². The van der Waals surface area contributed by atoms with E-state index in [1.165, 1.54) is 13.2 Å². The molecule has 2 atom stereocenters. The molecule has 0 radical (unpaired) electrons. The predicted molar refractivity (Wildman–Crippen MR) is 45.8 cm³/mol. The molecular weight excluding hydrogens is 170 g/mol. The van der Waals surface area contributed by atoms with Gasteiger partial charge in [0.2, 0.25) is 6.08 Å². The number of rotatable bonds is 2. The quantitative estimate of drug-likeness (QED) is 0.274. The van der Waals surface area contributed by atoms with E-state index in [-0.39, 0.29) is 17.9 Å². The Morgan fingerprint density at radius 2 is 2.23 bits per heavy atom. The van der Waals surface area contributed by atoms with Gasteiger partial charge < -0.3 is 4.74 Å². The van der Waals surface area contributed by atoms with Gasteiger partial charge in [-0.1, -0.05) is 12.2 Å². The van der Waals surface area contributed by atoms with Gasteiger partial charge in [0.15, 0.2) is 0 Å². The highest BCUT2D eigenvalue weighted by Gasteiger charge is 2.29. The highest BCUT2D eigenvalue weighted by molar-refractivity contribution is 5.73. The average molecular weight is 181 g/mol. The third-order valence-corrected chi connectivity index (χ3v) is 2.12. The van der Waals surface area contributed by atoms with Crippen LogP contribution in [0, 0.1) is 5.92 Å². The van der Waals surface area contributed by atoms with Crippen molar-refractivity contribution in [3.8, 4) is 0 Å². The Hall–Kier alpha value is -1.41. The molecule has 0 aromatic heterocycles. The van der Waals surface area contributed by atoms with Crippen molar-refractivity contribution in [3.05, 3.63) is 12.2 Å². The Balaban J connectivity index is 2.74. The minimum Gasteiger partial charge on any atom is -0.469 e. The van der Waals surface area contributed by atoms with Crippen LogP contribution in [0.25, 0.3) is 0 Å². The summed E-state index contributed by atoms with van der Waals surface area (Å²) < 4.78 is 4.60. The number of allylic oxidation sites excluding steroid dienone is 1. The second-order valence-electron chi connectivity index (χ2n) is 2.86. The van der Waals surface area contributed by atoms with Crippen molar-refractivity contribution < 1.29 is 14.3 Å². The first-order valence-electron chi connectivity index (χ1n) is 4.09. The second kappa shape index (κ2) is 4.58. The summed E-state index contributed by atoms with van der Waals surface area (Å²) >= 11 is 0. The molecule has 4 nitrogen and oxygen atoms in total. The summed E-state index contributed by atoms with van der Waals surface area (Å²) in [4.78, 5) is 24.8. The van der Waals surface area contributed by atoms with Crippen LogP contribution in [0.1, 0.15) is 12.8 Å².